The minimum Gasteiger partial charge on any atom is -0.405 e. The third-order valence-corrected chi connectivity index (χ3v) is 2.31. The molecule has 15 heavy (non-hydrogen) atoms. The molecule has 0 heterocycles. The first-order valence-corrected chi connectivity index (χ1v) is 5.17. The molecule has 0 spiro atoms. The molecule has 0 saturated carbocycles. The van der Waals surface area contributed by atoms with E-state index in [0.29, 0.717) is 0 Å². The molecular formula is C13H18N2. The predicted molar refractivity (Wildman–Crippen MR) is 66.3 cm³/mol. The minimum atomic E-state index is 0.814. The highest BCUT2D eigenvalue weighted by atomic mass is 14.7. The van der Waals surface area contributed by atoms with Gasteiger partial charge in [0.05, 0.1) is 0 Å². The molecule has 2 heteroatoms. The molecule has 0 aliphatic rings. The summed E-state index contributed by atoms with van der Waals surface area (Å²) in [5, 5.41) is 0. The Balaban J connectivity index is 2.51. The van der Waals surface area contributed by atoms with Crippen molar-refractivity contribution < 1.29 is 0 Å². The predicted octanol–water partition coefficient (Wildman–Crippen LogP) is 2.39. The van der Waals surface area contributed by atoms with Crippen LogP contribution in [0.5, 0.6) is 0 Å². The topological polar surface area (TPSA) is 38.4 Å². The first-order valence-electron chi connectivity index (χ1n) is 5.17. The largest absolute Gasteiger partial charge is 0.405 e. The Morgan fingerprint density at radius 2 is 2.13 bits per heavy atom. The molecule has 0 bridgehead atoms. The Kier molecular flexibility index (Phi) is 4.61. The van der Waals surface area contributed by atoms with Crippen LogP contribution in [0.25, 0.3) is 0 Å². The molecule has 80 valence electrons. The lowest BCUT2D eigenvalue weighted by Gasteiger charge is -2.04. The van der Waals surface area contributed by atoms with Gasteiger partial charge >= 0.3 is 0 Å². The summed E-state index contributed by atoms with van der Waals surface area (Å²) < 4.78 is 0. The average molecular weight is 202 g/mol. The Morgan fingerprint density at radius 3 is 2.80 bits per heavy atom. The van der Waals surface area contributed by atoms with Gasteiger partial charge in [-0.3, -0.25) is 4.99 Å². The molecule has 0 fully saturated rings. The van der Waals surface area contributed by atoms with E-state index in [2.05, 4.69) is 37.0 Å². The monoisotopic (exact) mass is 202 g/mol. The van der Waals surface area contributed by atoms with E-state index in [-0.39, 0.29) is 0 Å². The van der Waals surface area contributed by atoms with Crippen LogP contribution in [0.3, 0.4) is 0 Å². The molecular weight excluding hydrogens is 184 g/mol. The number of hydrogen-bond acceptors (Lipinski definition) is 2. The highest BCUT2D eigenvalue weighted by Gasteiger charge is 1.96. The summed E-state index contributed by atoms with van der Waals surface area (Å²) in [5.41, 5.74) is 9.22. The zero-order valence-corrected chi connectivity index (χ0v) is 9.40. The number of rotatable bonds is 4. The summed E-state index contributed by atoms with van der Waals surface area (Å²) in [7, 11) is 0. The summed E-state index contributed by atoms with van der Waals surface area (Å²) in [6.45, 7) is 5.07. The fourth-order valence-electron chi connectivity index (χ4n) is 1.50. The van der Waals surface area contributed by atoms with Crippen LogP contribution in [0.4, 0.5) is 0 Å². The lowest BCUT2D eigenvalue weighted by atomic mass is 10.0. The van der Waals surface area contributed by atoms with Gasteiger partial charge in [-0.1, -0.05) is 23.8 Å². The Labute approximate surface area is 91.5 Å². The van der Waals surface area contributed by atoms with Crippen molar-refractivity contribution in [2.75, 3.05) is 6.54 Å². The quantitative estimate of drug-likeness (QED) is 0.748. The van der Waals surface area contributed by atoms with Gasteiger partial charge in [-0.2, -0.15) is 0 Å². The van der Waals surface area contributed by atoms with E-state index in [9.17, 15) is 0 Å². The number of aliphatic imine (C=N–C) groups is 1. The van der Waals surface area contributed by atoms with Gasteiger partial charge < -0.3 is 5.73 Å². The summed E-state index contributed by atoms with van der Waals surface area (Å²) in [5.74, 6) is 0. The molecule has 1 aromatic carbocycles. The number of hydrogen-bond donors (Lipinski definition) is 1. The molecule has 0 saturated heterocycles. The maximum atomic E-state index is 5.19. The molecule has 2 nitrogen and oxygen atoms in total. The summed E-state index contributed by atoms with van der Waals surface area (Å²) in [4.78, 5) is 4.23. The first kappa shape index (κ1) is 11.5. The molecule has 1 aromatic rings. The second-order valence-electron chi connectivity index (χ2n) is 3.62. The van der Waals surface area contributed by atoms with Crippen molar-refractivity contribution in [2.24, 2.45) is 10.7 Å². The number of aryl methyl sites for hydroxylation is 2. The molecule has 2 N–H and O–H groups in total. The van der Waals surface area contributed by atoms with Crippen molar-refractivity contribution in [2.45, 2.75) is 20.3 Å². The zero-order chi connectivity index (χ0) is 11.1. The van der Waals surface area contributed by atoms with Crippen LogP contribution in [-0.2, 0) is 6.42 Å². The molecule has 0 unspecified atom stereocenters. The zero-order valence-electron chi connectivity index (χ0n) is 9.40. The van der Waals surface area contributed by atoms with E-state index < -0.39 is 0 Å². The lowest BCUT2D eigenvalue weighted by molar-refractivity contribution is 0.961. The van der Waals surface area contributed by atoms with Gasteiger partial charge in [0, 0.05) is 12.8 Å². The van der Waals surface area contributed by atoms with E-state index in [1.165, 1.54) is 22.9 Å². The SMILES string of the molecule is Cc1ccc(CCN=C/C=C\N)c(C)c1. The third kappa shape index (κ3) is 3.98. The highest BCUT2D eigenvalue weighted by Crippen LogP contribution is 2.10. The fourth-order valence-corrected chi connectivity index (χ4v) is 1.50. The van der Waals surface area contributed by atoms with Gasteiger partial charge in [0.1, 0.15) is 0 Å². The van der Waals surface area contributed by atoms with Gasteiger partial charge in [-0.05, 0) is 43.7 Å². The van der Waals surface area contributed by atoms with Crippen LogP contribution in [0.2, 0.25) is 0 Å². The molecule has 1 rings (SSSR count). The lowest BCUT2D eigenvalue weighted by Crippen LogP contribution is -1.93. The van der Waals surface area contributed by atoms with Crippen LogP contribution in [0, 0.1) is 13.8 Å². The van der Waals surface area contributed by atoms with E-state index in [1.54, 1.807) is 12.3 Å². The normalized spacial score (nSPS) is 11.6. The van der Waals surface area contributed by atoms with E-state index >= 15 is 0 Å². The van der Waals surface area contributed by atoms with Crippen LogP contribution >= 0.6 is 0 Å². The van der Waals surface area contributed by atoms with Gasteiger partial charge in [0.2, 0.25) is 0 Å². The van der Waals surface area contributed by atoms with E-state index in [4.69, 9.17) is 5.73 Å². The van der Waals surface area contributed by atoms with Gasteiger partial charge in [0.25, 0.3) is 0 Å². The molecule has 0 amide bonds. The van der Waals surface area contributed by atoms with E-state index in [1.807, 2.05) is 0 Å². The molecule has 0 aromatic heterocycles. The second-order valence-corrected chi connectivity index (χ2v) is 3.62. The summed E-state index contributed by atoms with van der Waals surface area (Å²) in [6, 6.07) is 6.53. The van der Waals surface area contributed by atoms with E-state index in [0.717, 1.165) is 13.0 Å². The Hall–Kier alpha value is -1.57. The Morgan fingerprint density at radius 1 is 1.33 bits per heavy atom. The van der Waals surface area contributed by atoms with Crippen LogP contribution in [0.1, 0.15) is 16.7 Å². The van der Waals surface area contributed by atoms with Gasteiger partial charge in [-0.15, -0.1) is 0 Å². The van der Waals surface area contributed by atoms with Crippen molar-refractivity contribution in [3.05, 3.63) is 47.2 Å². The van der Waals surface area contributed by atoms with Crippen molar-refractivity contribution in [3.63, 3.8) is 0 Å². The van der Waals surface area contributed by atoms with Crippen LogP contribution in [0.15, 0.2) is 35.5 Å². The standard InChI is InChI=1S/C13H18N2/c1-11-4-5-13(12(2)10-11)6-9-15-8-3-7-14/h3-5,7-8,10H,6,9,14H2,1-2H3/b7-3-,15-8?. The van der Waals surface area contributed by atoms with Crippen LogP contribution in [-0.4, -0.2) is 12.8 Å². The number of benzene rings is 1. The average Bonchev–Trinajstić information content (AvgIpc) is 2.20. The summed E-state index contributed by atoms with van der Waals surface area (Å²) >= 11 is 0. The second kappa shape index (κ2) is 6.02. The fraction of sp³-hybridized carbons (Fsp3) is 0.308. The van der Waals surface area contributed by atoms with Gasteiger partial charge in [0.15, 0.2) is 0 Å². The maximum Gasteiger partial charge on any atom is 0.0429 e. The third-order valence-electron chi connectivity index (χ3n) is 2.31. The summed E-state index contributed by atoms with van der Waals surface area (Å²) in [6.07, 6.45) is 5.95. The number of allylic oxidation sites excluding steroid dienone is 1. The minimum absolute atomic E-state index is 0.814. The highest BCUT2D eigenvalue weighted by molar-refractivity contribution is 5.70. The maximum absolute atomic E-state index is 5.19. The molecule has 0 aliphatic carbocycles. The Bertz CT molecular complexity index is 365. The van der Waals surface area contributed by atoms with Crippen molar-refractivity contribution in [1.29, 1.82) is 0 Å². The molecule has 0 radical (unpaired) electrons. The smallest absolute Gasteiger partial charge is 0.0429 e. The molecule has 0 atom stereocenters. The van der Waals surface area contributed by atoms with Crippen molar-refractivity contribution in [1.82, 2.24) is 0 Å². The number of nitrogens with two attached hydrogens (primary N) is 1. The van der Waals surface area contributed by atoms with Crippen molar-refractivity contribution >= 4 is 6.21 Å². The van der Waals surface area contributed by atoms with Gasteiger partial charge in [-0.25, -0.2) is 0 Å². The van der Waals surface area contributed by atoms with Crippen molar-refractivity contribution in [3.8, 4) is 0 Å². The first-order chi connectivity index (χ1) is 7.24. The molecule has 0 aliphatic heterocycles. The van der Waals surface area contributed by atoms with Crippen LogP contribution < -0.4 is 5.73 Å². The number of nitrogens with zero attached hydrogens (tertiary/aromatic N) is 1.